The van der Waals surface area contributed by atoms with E-state index in [1.807, 2.05) is 36.4 Å². The first kappa shape index (κ1) is 22.3. The average molecular weight is 479 g/mol. The van der Waals surface area contributed by atoms with E-state index in [1.165, 1.54) is 18.3 Å². The molecule has 4 rings (SSSR count). The summed E-state index contributed by atoms with van der Waals surface area (Å²) in [6.07, 6.45) is 1.44. The highest BCUT2D eigenvalue weighted by molar-refractivity contribution is 8.09. The topological polar surface area (TPSA) is 99.1 Å². The van der Waals surface area contributed by atoms with E-state index in [0.29, 0.717) is 28.6 Å². The first-order chi connectivity index (χ1) is 16.0. The van der Waals surface area contributed by atoms with Crippen LogP contribution in [0.2, 0.25) is 0 Å². The molecule has 0 bridgehead atoms. The number of benzene rings is 3. The van der Waals surface area contributed by atoms with E-state index in [0.717, 1.165) is 0 Å². The van der Waals surface area contributed by atoms with Crippen molar-refractivity contribution in [3.8, 4) is 22.8 Å². The van der Waals surface area contributed by atoms with E-state index >= 15 is 0 Å². The fourth-order valence-electron chi connectivity index (χ4n) is 2.81. The van der Waals surface area contributed by atoms with Gasteiger partial charge in [-0.25, -0.2) is 5.20 Å². The third-order valence-electron chi connectivity index (χ3n) is 4.28. The fraction of sp³-hybridized carbons (Fsp3) is 0. The molecule has 1 N–H and O–H groups in total. The van der Waals surface area contributed by atoms with Crippen LogP contribution in [0.3, 0.4) is 0 Å². The molecular weight excluding hydrogens is 461 g/mol. The molecule has 33 heavy (non-hydrogen) atoms. The largest absolute Gasteiger partial charge is 0.455 e. The standard InChI is InChI=1S/C23H18N3O5PS/c27-26(28)19-9-7-8-18(16-19)23-15-14-22(29-23)17-24-25-32(33,30-20-10-3-1-4-11-20)31-21-12-5-2-6-13-21/h1-17H,(H,25,33)/b24-17+. The predicted octanol–water partition coefficient (Wildman–Crippen LogP) is 6.16. The lowest BCUT2D eigenvalue weighted by molar-refractivity contribution is -0.384. The van der Waals surface area contributed by atoms with Crippen LogP contribution in [0.25, 0.3) is 11.3 Å². The van der Waals surface area contributed by atoms with Gasteiger partial charge in [0.15, 0.2) is 0 Å². The zero-order chi connectivity index (χ0) is 23.1. The Bertz CT molecular complexity index is 1270. The Balaban J connectivity index is 1.50. The number of hydrogen-bond donors (Lipinski definition) is 1. The molecule has 1 aromatic heterocycles. The maximum atomic E-state index is 11.0. The minimum Gasteiger partial charge on any atom is -0.455 e. The lowest BCUT2D eigenvalue weighted by Crippen LogP contribution is -2.13. The smallest absolute Gasteiger partial charge is 0.408 e. The van der Waals surface area contributed by atoms with E-state index in [9.17, 15) is 10.1 Å². The summed E-state index contributed by atoms with van der Waals surface area (Å²) in [5.41, 5.74) is 0.569. The minimum atomic E-state index is -3.10. The lowest BCUT2D eigenvalue weighted by Gasteiger charge is -2.22. The molecule has 0 aliphatic rings. The highest BCUT2D eigenvalue weighted by Crippen LogP contribution is 2.45. The zero-order valence-electron chi connectivity index (χ0n) is 17.1. The number of nitrogens with one attached hydrogen (secondary N) is 1. The molecule has 0 fully saturated rings. The van der Waals surface area contributed by atoms with Crippen LogP contribution in [0.5, 0.6) is 11.5 Å². The summed E-state index contributed by atoms with van der Waals surface area (Å²) in [5.74, 6) is 1.99. The first-order valence-corrected chi connectivity index (χ1v) is 12.4. The van der Waals surface area contributed by atoms with E-state index in [4.69, 9.17) is 25.3 Å². The van der Waals surface area contributed by atoms with Crippen molar-refractivity contribution in [2.24, 2.45) is 5.10 Å². The van der Waals surface area contributed by atoms with Gasteiger partial charge in [-0.05, 0) is 36.4 Å². The van der Waals surface area contributed by atoms with Crippen LogP contribution in [0.15, 0.2) is 107 Å². The van der Waals surface area contributed by atoms with Gasteiger partial charge in [0.05, 0.1) is 11.1 Å². The van der Waals surface area contributed by atoms with Gasteiger partial charge < -0.3 is 13.5 Å². The molecule has 0 amide bonds. The first-order valence-electron chi connectivity index (χ1n) is 9.75. The number of nitro groups is 1. The van der Waals surface area contributed by atoms with Gasteiger partial charge in [-0.15, -0.1) is 0 Å². The highest BCUT2D eigenvalue weighted by atomic mass is 32.5. The minimum absolute atomic E-state index is 0.0161. The Morgan fingerprint density at radius 2 is 1.55 bits per heavy atom. The van der Waals surface area contributed by atoms with Gasteiger partial charge in [-0.1, -0.05) is 48.5 Å². The Morgan fingerprint density at radius 3 is 2.15 bits per heavy atom. The van der Waals surface area contributed by atoms with Crippen molar-refractivity contribution in [3.05, 3.63) is 113 Å². The second-order valence-electron chi connectivity index (χ2n) is 6.67. The fourth-order valence-corrected chi connectivity index (χ4v) is 4.59. The zero-order valence-corrected chi connectivity index (χ0v) is 18.8. The number of non-ortho nitro benzene ring substituents is 1. The molecule has 0 radical (unpaired) electrons. The van der Waals surface area contributed by atoms with Gasteiger partial charge in [0.2, 0.25) is 0 Å². The van der Waals surface area contributed by atoms with Crippen LogP contribution in [-0.2, 0) is 11.8 Å². The van der Waals surface area contributed by atoms with Crippen LogP contribution in [0.1, 0.15) is 5.76 Å². The quantitative estimate of drug-likeness (QED) is 0.133. The lowest BCUT2D eigenvalue weighted by atomic mass is 10.1. The van der Waals surface area contributed by atoms with Crippen molar-refractivity contribution in [1.29, 1.82) is 0 Å². The van der Waals surface area contributed by atoms with E-state index < -0.39 is 11.6 Å². The van der Waals surface area contributed by atoms with Crippen LogP contribution in [0.4, 0.5) is 5.69 Å². The SMILES string of the molecule is O=[N+]([O-])c1cccc(-c2ccc(/C=N/NP(=S)(Oc3ccccc3)Oc3ccccc3)o2)c1. The second-order valence-corrected chi connectivity index (χ2v) is 9.68. The molecule has 166 valence electrons. The molecule has 0 saturated heterocycles. The Labute approximate surface area is 194 Å². The number of para-hydroxylation sites is 2. The third kappa shape index (κ3) is 6.06. The average Bonchev–Trinajstić information content (AvgIpc) is 3.29. The van der Waals surface area contributed by atoms with Crippen LogP contribution < -0.4 is 14.2 Å². The molecule has 0 aliphatic heterocycles. The van der Waals surface area contributed by atoms with E-state index in [2.05, 4.69) is 10.3 Å². The van der Waals surface area contributed by atoms with Crippen LogP contribution in [-0.4, -0.2) is 11.1 Å². The second kappa shape index (κ2) is 10.1. The van der Waals surface area contributed by atoms with Gasteiger partial charge in [0.1, 0.15) is 23.0 Å². The normalized spacial score (nSPS) is 11.3. The number of nitro benzene ring substituents is 1. The summed E-state index contributed by atoms with van der Waals surface area (Å²) in [4.78, 5) is 10.5. The molecule has 0 atom stereocenters. The van der Waals surface area contributed by atoms with Crippen molar-refractivity contribution in [2.45, 2.75) is 0 Å². The monoisotopic (exact) mass is 479 g/mol. The van der Waals surface area contributed by atoms with Crippen molar-refractivity contribution in [3.63, 3.8) is 0 Å². The van der Waals surface area contributed by atoms with Crippen molar-refractivity contribution in [1.82, 2.24) is 5.20 Å². The molecular formula is C23H18N3O5PS. The van der Waals surface area contributed by atoms with Gasteiger partial charge in [0.25, 0.3) is 5.69 Å². The predicted molar refractivity (Wildman–Crippen MR) is 130 cm³/mol. The molecule has 0 aliphatic carbocycles. The number of furan rings is 1. The van der Waals surface area contributed by atoms with Crippen LogP contribution >= 0.6 is 6.64 Å². The summed E-state index contributed by atoms with van der Waals surface area (Å²) in [6, 6.07) is 27.8. The highest BCUT2D eigenvalue weighted by Gasteiger charge is 2.22. The number of rotatable bonds is 9. The van der Waals surface area contributed by atoms with Crippen molar-refractivity contribution in [2.75, 3.05) is 0 Å². The number of hydrazone groups is 1. The number of nitrogens with zero attached hydrogens (tertiary/aromatic N) is 2. The van der Waals surface area contributed by atoms with Crippen molar-refractivity contribution < 1.29 is 18.4 Å². The van der Waals surface area contributed by atoms with Gasteiger partial charge in [0, 0.05) is 29.5 Å². The maximum absolute atomic E-state index is 11.0. The molecule has 4 aromatic rings. The Morgan fingerprint density at radius 1 is 0.909 bits per heavy atom. The summed E-state index contributed by atoms with van der Waals surface area (Å²) in [5, 5.41) is 18.0. The Kier molecular flexibility index (Phi) is 6.83. The molecule has 10 heteroatoms. The van der Waals surface area contributed by atoms with Crippen molar-refractivity contribution >= 4 is 30.4 Å². The molecule has 0 unspecified atom stereocenters. The maximum Gasteiger partial charge on any atom is 0.408 e. The molecule has 3 aromatic carbocycles. The molecule has 1 heterocycles. The van der Waals surface area contributed by atoms with Gasteiger partial charge in [-0.3, -0.25) is 10.1 Å². The van der Waals surface area contributed by atoms with Crippen LogP contribution in [0, 0.1) is 10.1 Å². The molecule has 8 nitrogen and oxygen atoms in total. The summed E-state index contributed by atoms with van der Waals surface area (Å²) in [6.45, 7) is -3.10. The summed E-state index contributed by atoms with van der Waals surface area (Å²) in [7, 11) is 0. The molecule has 0 saturated carbocycles. The van der Waals surface area contributed by atoms with Gasteiger partial charge >= 0.3 is 6.64 Å². The van der Waals surface area contributed by atoms with E-state index in [-0.39, 0.29) is 5.69 Å². The summed E-state index contributed by atoms with van der Waals surface area (Å²) >= 11 is 5.65. The van der Waals surface area contributed by atoms with E-state index in [1.54, 1.807) is 48.5 Å². The third-order valence-corrected chi connectivity index (χ3v) is 6.23. The summed E-state index contributed by atoms with van der Waals surface area (Å²) < 4.78 is 17.6. The molecule has 0 spiro atoms. The Hall–Kier alpha value is -3.94. The number of hydrogen-bond acceptors (Lipinski definition) is 7. The van der Waals surface area contributed by atoms with Gasteiger partial charge in [-0.2, -0.15) is 5.10 Å².